The minimum Gasteiger partial charge on any atom is -0.384 e. The molecule has 1 aliphatic rings. The number of nitrogens with one attached hydrogen (secondary N) is 2. The van der Waals surface area contributed by atoms with Crippen molar-refractivity contribution in [2.24, 2.45) is 5.41 Å². The number of carbonyl (C=O) groups excluding carboxylic acids is 2. The largest absolute Gasteiger partial charge is 0.384 e. The monoisotopic (exact) mass is 344 g/mol. The van der Waals surface area contributed by atoms with E-state index in [0.717, 1.165) is 18.4 Å². The van der Waals surface area contributed by atoms with Crippen molar-refractivity contribution < 1.29 is 14.3 Å². The van der Waals surface area contributed by atoms with Gasteiger partial charge in [-0.3, -0.25) is 9.59 Å². The van der Waals surface area contributed by atoms with Gasteiger partial charge in [0.15, 0.2) is 0 Å². The van der Waals surface area contributed by atoms with E-state index in [9.17, 15) is 9.59 Å². The van der Waals surface area contributed by atoms with Crippen LogP contribution in [0, 0.1) is 5.41 Å². The lowest BCUT2D eigenvalue weighted by atomic mass is 9.74. The minimum absolute atomic E-state index is 0.00625. The number of hydrogen-bond donors (Lipinski definition) is 2. The van der Waals surface area contributed by atoms with Crippen molar-refractivity contribution in [2.45, 2.75) is 38.5 Å². The van der Waals surface area contributed by atoms with Crippen LogP contribution in [0.3, 0.4) is 0 Å². The highest BCUT2D eigenvalue weighted by Gasteiger charge is 2.32. The summed E-state index contributed by atoms with van der Waals surface area (Å²) < 4.78 is 5.40. The molecule has 25 heavy (non-hydrogen) atoms. The van der Waals surface area contributed by atoms with E-state index in [0.29, 0.717) is 25.3 Å². The number of amides is 2. The summed E-state index contributed by atoms with van der Waals surface area (Å²) in [6.45, 7) is 4.78. The summed E-state index contributed by atoms with van der Waals surface area (Å²) in [5, 5.41) is 5.78. The highest BCUT2D eigenvalue weighted by atomic mass is 16.5. The van der Waals surface area contributed by atoms with E-state index in [1.54, 1.807) is 13.2 Å². The second kappa shape index (κ2) is 9.37. The van der Waals surface area contributed by atoms with Crippen LogP contribution in [0.5, 0.6) is 0 Å². The fraction of sp³-hybridized carbons (Fsp3) is 0.500. The van der Waals surface area contributed by atoms with Gasteiger partial charge < -0.3 is 15.4 Å². The molecular formula is C20H28N2O3. The van der Waals surface area contributed by atoms with E-state index < -0.39 is 0 Å². The van der Waals surface area contributed by atoms with E-state index in [1.807, 2.05) is 18.2 Å². The minimum atomic E-state index is -0.264. The first-order valence-corrected chi connectivity index (χ1v) is 8.85. The maximum Gasteiger partial charge on any atom is 0.247 e. The van der Waals surface area contributed by atoms with Crippen molar-refractivity contribution in [1.29, 1.82) is 0 Å². The lowest BCUT2D eigenvalue weighted by Crippen LogP contribution is -2.42. The summed E-state index contributed by atoms with van der Waals surface area (Å²) >= 11 is 0. The van der Waals surface area contributed by atoms with Crippen molar-refractivity contribution >= 4 is 17.5 Å². The van der Waals surface area contributed by atoms with Gasteiger partial charge in [0.05, 0.1) is 13.0 Å². The molecule has 0 atom stereocenters. The third kappa shape index (κ3) is 6.02. The number of carbonyl (C=O) groups is 2. The molecule has 2 amide bonds. The van der Waals surface area contributed by atoms with Gasteiger partial charge in [-0.1, -0.05) is 38.0 Å². The van der Waals surface area contributed by atoms with Gasteiger partial charge in [-0.2, -0.15) is 0 Å². The molecule has 0 saturated heterocycles. The second-order valence-corrected chi connectivity index (χ2v) is 6.84. The third-order valence-corrected chi connectivity index (χ3v) is 4.77. The molecule has 0 heterocycles. The molecule has 5 heteroatoms. The highest BCUT2D eigenvalue weighted by Crippen LogP contribution is 2.35. The van der Waals surface area contributed by atoms with Crippen LogP contribution in [0.1, 0.15) is 37.7 Å². The quantitative estimate of drug-likeness (QED) is 0.712. The predicted octanol–water partition coefficient (Wildman–Crippen LogP) is 3.07. The molecule has 1 aliphatic carbocycles. The maximum atomic E-state index is 12.3. The van der Waals surface area contributed by atoms with Gasteiger partial charge in [0.1, 0.15) is 0 Å². The van der Waals surface area contributed by atoms with Crippen LogP contribution in [-0.2, 0) is 20.7 Å². The molecule has 2 N–H and O–H groups in total. The Hall–Kier alpha value is -2.14. The second-order valence-electron chi connectivity index (χ2n) is 6.84. The summed E-state index contributed by atoms with van der Waals surface area (Å²) in [7, 11) is 1.72. The van der Waals surface area contributed by atoms with Gasteiger partial charge in [0.2, 0.25) is 11.8 Å². The average molecular weight is 344 g/mol. The predicted molar refractivity (Wildman–Crippen MR) is 99.4 cm³/mol. The van der Waals surface area contributed by atoms with Gasteiger partial charge in [0, 0.05) is 24.8 Å². The molecular weight excluding hydrogens is 316 g/mol. The van der Waals surface area contributed by atoms with Crippen molar-refractivity contribution in [2.75, 3.05) is 25.6 Å². The van der Waals surface area contributed by atoms with Gasteiger partial charge in [0.25, 0.3) is 0 Å². The molecule has 0 spiro atoms. The summed E-state index contributed by atoms with van der Waals surface area (Å²) in [5.41, 5.74) is 1.60. The molecule has 0 aliphatic heterocycles. The Bertz CT molecular complexity index is 601. The fourth-order valence-electron chi connectivity index (χ4n) is 3.47. The molecule has 136 valence electrons. The number of rotatable bonds is 8. The van der Waals surface area contributed by atoms with E-state index >= 15 is 0 Å². The Balaban J connectivity index is 1.90. The fourth-order valence-corrected chi connectivity index (χ4v) is 3.47. The first kappa shape index (κ1) is 19.2. The van der Waals surface area contributed by atoms with Crippen LogP contribution in [-0.4, -0.2) is 32.1 Å². The smallest absolute Gasteiger partial charge is 0.247 e. The summed E-state index contributed by atoms with van der Waals surface area (Å²) in [5.74, 6) is -0.270. The van der Waals surface area contributed by atoms with Crippen LogP contribution < -0.4 is 10.6 Å². The van der Waals surface area contributed by atoms with Crippen molar-refractivity contribution in [3.8, 4) is 0 Å². The molecule has 1 aromatic carbocycles. The molecule has 1 fully saturated rings. The molecule has 1 saturated carbocycles. The molecule has 2 rings (SSSR count). The first-order chi connectivity index (χ1) is 12.1. The van der Waals surface area contributed by atoms with E-state index in [2.05, 4.69) is 17.2 Å². The van der Waals surface area contributed by atoms with Crippen LogP contribution in [0.2, 0.25) is 0 Å². The lowest BCUT2D eigenvalue weighted by molar-refractivity contribution is -0.121. The summed E-state index contributed by atoms with van der Waals surface area (Å²) in [4.78, 5) is 23.7. The zero-order chi connectivity index (χ0) is 18.1. The van der Waals surface area contributed by atoms with Crippen LogP contribution in [0.25, 0.3) is 0 Å². The van der Waals surface area contributed by atoms with Crippen molar-refractivity contribution in [3.05, 3.63) is 42.5 Å². The number of anilines is 1. The normalized spacial score (nSPS) is 16.0. The van der Waals surface area contributed by atoms with Gasteiger partial charge >= 0.3 is 0 Å². The molecule has 0 unspecified atom stereocenters. The van der Waals surface area contributed by atoms with Gasteiger partial charge in [-0.25, -0.2) is 0 Å². The summed E-state index contributed by atoms with van der Waals surface area (Å²) in [6, 6.07) is 7.31. The number of hydrogen-bond acceptors (Lipinski definition) is 3. The Morgan fingerprint density at radius 1 is 1.28 bits per heavy atom. The van der Waals surface area contributed by atoms with Crippen LogP contribution in [0.15, 0.2) is 36.9 Å². The Morgan fingerprint density at radius 2 is 2.04 bits per heavy atom. The van der Waals surface area contributed by atoms with Crippen molar-refractivity contribution in [1.82, 2.24) is 5.32 Å². The Kier molecular flexibility index (Phi) is 7.19. The summed E-state index contributed by atoms with van der Waals surface area (Å²) in [6.07, 6.45) is 7.38. The molecule has 0 aromatic heterocycles. The average Bonchev–Trinajstić information content (AvgIpc) is 2.61. The maximum absolute atomic E-state index is 12.3. The highest BCUT2D eigenvalue weighted by molar-refractivity contribution is 5.98. The first-order valence-electron chi connectivity index (χ1n) is 8.85. The SMILES string of the molecule is C=CC(=O)Nc1cccc(CC(=O)NCC2(COC)CCCCC2)c1. The zero-order valence-corrected chi connectivity index (χ0v) is 15.0. The van der Waals surface area contributed by atoms with Crippen LogP contribution in [0.4, 0.5) is 5.69 Å². The lowest BCUT2D eigenvalue weighted by Gasteiger charge is -2.36. The number of methoxy groups -OCH3 is 1. The molecule has 0 bridgehead atoms. The molecule has 0 radical (unpaired) electrons. The van der Waals surface area contributed by atoms with Crippen LogP contribution >= 0.6 is 0 Å². The third-order valence-electron chi connectivity index (χ3n) is 4.77. The number of benzene rings is 1. The number of ether oxygens (including phenoxy) is 1. The Morgan fingerprint density at radius 3 is 2.72 bits per heavy atom. The van der Waals surface area contributed by atoms with Crippen molar-refractivity contribution in [3.63, 3.8) is 0 Å². The zero-order valence-electron chi connectivity index (χ0n) is 15.0. The molecule has 5 nitrogen and oxygen atoms in total. The topological polar surface area (TPSA) is 67.4 Å². The Labute approximate surface area is 149 Å². The van der Waals surface area contributed by atoms with E-state index in [4.69, 9.17) is 4.74 Å². The molecule has 1 aromatic rings. The van der Waals surface area contributed by atoms with Gasteiger partial charge in [-0.05, 0) is 36.6 Å². The van der Waals surface area contributed by atoms with E-state index in [-0.39, 0.29) is 17.2 Å². The van der Waals surface area contributed by atoms with E-state index in [1.165, 1.54) is 25.3 Å². The van der Waals surface area contributed by atoms with Gasteiger partial charge in [-0.15, -0.1) is 0 Å². The standard InChI is InChI=1S/C20H28N2O3/c1-3-18(23)22-17-9-7-8-16(12-17)13-19(24)21-14-20(15-25-2)10-5-4-6-11-20/h3,7-9,12H,1,4-6,10-11,13-15H2,2H3,(H,21,24)(H,22,23).